The quantitative estimate of drug-likeness (QED) is 0.671. The van der Waals surface area contributed by atoms with Gasteiger partial charge in [0.25, 0.3) is 0 Å². The van der Waals surface area contributed by atoms with E-state index in [0.29, 0.717) is 12.6 Å². The Labute approximate surface area is 93.2 Å². The second-order valence-electron chi connectivity index (χ2n) is 5.25. The van der Waals surface area contributed by atoms with E-state index in [1.54, 1.807) is 0 Å². The number of hydrogen-bond acceptors (Lipinski definition) is 4. The van der Waals surface area contributed by atoms with Crippen LogP contribution in [0.3, 0.4) is 0 Å². The Balaban J connectivity index is 2.50. The first-order valence-corrected chi connectivity index (χ1v) is 5.72. The number of nitrogens with one attached hydrogen (secondary N) is 1. The summed E-state index contributed by atoms with van der Waals surface area (Å²) in [7, 11) is 4.16. The van der Waals surface area contributed by atoms with E-state index < -0.39 is 5.60 Å². The van der Waals surface area contributed by atoms with Crippen molar-refractivity contribution in [3.63, 3.8) is 0 Å². The predicted molar refractivity (Wildman–Crippen MR) is 63.1 cm³/mol. The number of aliphatic hydroxyl groups is 1. The van der Waals surface area contributed by atoms with Crippen LogP contribution in [0.25, 0.3) is 0 Å². The Morgan fingerprint density at radius 2 is 2.20 bits per heavy atom. The van der Waals surface area contributed by atoms with Gasteiger partial charge in [-0.3, -0.25) is 4.90 Å². The number of nitrogens with zero attached hydrogens (tertiary/aromatic N) is 2. The molecule has 90 valence electrons. The number of hydrogen-bond donors (Lipinski definition) is 2. The molecule has 1 heterocycles. The topological polar surface area (TPSA) is 38.7 Å². The molecule has 1 aliphatic heterocycles. The maximum atomic E-state index is 10.1. The lowest BCUT2D eigenvalue weighted by Crippen LogP contribution is -2.46. The summed E-state index contributed by atoms with van der Waals surface area (Å²) in [6.45, 7) is 8.59. The number of likely N-dealkylation sites (N-methyl/N-ethyl adjacent to an activating group) is 1. The Kier molecular flexibility index (Phi) is 4.52. The molecular formula is C11H25N3O. The van der Waals surface area contributed by atoms with Crippen LogP contribution in [0.15, 0.2) is 0 Å². The van der Waals surface area contributed by atoms with Gasteiger partial charge in [-0.25, -0.2) is 0 Å². The first-order chi connectivity index (χ1) is 6.91. The average Bonchev–Trinajstić information content (AvgIpc) is 2.22. The lowest BCUT2D eigenvalue weighted by molar-refractivity contribution is 0.0248. The van der Waals surface area contributed by atoms with Crippen molar-refractivity contribution in [2.75, 3.05) is 46.8 Å². The summed E-state index contributed by atoms with van der Waals surface area (Å²) in [4.78, 5) is 4.54. The molecule has 1 fully saturated rings. The molecule has 0 bridgehead atoms. The van der Waals surface area contributed by atoms with Crippen LogP contribution >= 0.6 is 0 Å². The van der Waals surface area contributed by atoms with E-state index in [2.05, 4.69) is 36.1 Å². The second kappa shape index (κ2) is 5.25. The van der Waals surface area contributed by atoms with E-state index in [-0.39, 0.29) is 0 Å². The maximum Gasteiger partial charge on any atom is 0.0869 e. The van der Waals surface area contributed by atoms with Crippen molar-refractivity contribution in [1.29, 1.82) is 0 Å². The van der Waals surface area contributed by atoms with E-state index >= 15 is 0 Å². The first kappa shape index (κ1) is 12.9. The Hall–Kier alpha value is -0.160. The molecule has 0 aliphatic carbocycles. The third-order valence-corrected chi connectivity index (χ3v) is 2.95. The molecule has 1 saturated heterocycles. The summed E-state index contributed by atoms with van der Waals surface area (Å²) in [5.41, 5.74) is -0.600. The minimum absolute atomic E-state index is 0.499. The van der Waals surface area contributed by atoms with Crippen molar-refractivity contribution in [3.05, 3.63) is 0 Å². The fourth-order valence-corrected chi connectivity index (χ4v) is 1.96. The molecule has 0 saturated carbocycles. The summed E-state index contributed by atoms with van der Waals surface area (Å²) in [6.07, 6.45) is 0. The number of rotatable bonds is 3. The lowest BCUT2D eigenvalue weighted by Gasteiger charge is -2.32. The van der Waals surface area contributed by atoms with Crippen molar-refractivity contribution in [3.8, 4) is 0 Å². The van der Waals surface area contributed by atoms with Gasteiger partial charge in [0.1, 0.15) is 0 Å². The second-order valence-corrected chi connectivity index (χ2v) is 5.25. The normalized spacial score (nSPS) is 34.4. The van der Waals surface area contributed by atoms with E-state index in [4.69, 9.17) is 0 Å². The summed E-state index contributed by atoms with van der Waals surface area (Å²) >= 11 is 0. The van der Waals surface area contributed by atoms with Gasteiger partial charge in [0.05, 0.1) is 5.60 Å². The molecule has 4 heteroatoms. The molecule has 4 nitrogen and oxygen atoms in total. The van der Waals surface area contributed by atoms with Crippen LogP contribution in [0.5, 0.6) is 0 Å². The van der Waals surface area contributed by atoms with Gasteiger partial charge in [-0.1, -0.05) is 0 Å². The van der Waals surface area contributed by atoms with Crippen molar-refractivity contribution < 1.29 is 5.11 Å². The molecule has 15 heavy (non-hydrogen) atoms. The zero-order valence-corrected chi connectivity index (χ0v) is 10.5. The Morgan fingerprint density at radius 3 is 2.80 bits per heavy atom. The highest BCUT2D eigenvalue weighted by Gasteiger charge is 2.29. The lowest BCUT2D eigenvalue weighted by atomic mass is 10.1. The third kappa shape index (κ3) is 4.47. The van der Waals surface area contributed by atoms with Crippen molar-refractivity contribution in [2.45, 2.75) is 25.5 Å². The van der Waals surface area contributed by atoms with Crippen LogP contribution in [0, 0.1) is 0 Å². The molecule has 0 radical (unpaired) electrons. The van der Waals surface area contributed by atoms with Crippen molar-refractivity contribution >= 4 is 0 Å². The summed E-state index contributed by atoms with van der Waals surface area (Å²) in [5, 5.41) is 13.4. The van der Waals surface area contributed by atoms with Crippen LogP contribution in [0.1, 0.15) is 13.8 Å². The van der Waals surface area contributed by atoms with E-state index in [0.717, 1.165) is 26.2 Å². The van der Waals surface area contributed by atoms with Gasteiger partial charge >= 0.3 is 0 Å². The molecule has 0 spiro atoms. The fraction of sp³-hybridized carbons (Fsp3) is 1.00. The standard InChI is InChI=1S/C11H25N3O/c1-10-7-12-8-11(2,15)9-14(10)6-5-13(3)4/h10,12,15H,5-9H2,1-4H3. The smallest absolute Gasteiger partial charge is 0.0869 e. The third-order valence-electron chi connectivity index (χ3n) is 2.95. The van der Waals surface area contributed by atoms with Crippen molar-refractivity contribution in [1.82, 2.24) is 15.1 Å². The maximum absolute atomic E-state index is 10.1. The van der Waals surface area contributed by atoms with Crippen LogP contribution in [-0.2, 0) is 0 Å². The average molecular weight is 215 g/mol. The van der Waals surface area contributed by atoms with Gasteiger partial charge in [-0.15, -0.1) is 0 Å². The van der Waals surface area contributed by atoms with E-state index in [1.165, 1.54) is 0 Å². The molecule has 1 rings (SSSR count). The molecule has 0 aromatic carbocycles. The van der Waals surface area contributed by atoms with E-state index in [9.17, 15) is 5.11 Å². The monoisotopic (exact) mass is 215 g/mol. The highest BCUT2D eigenvalue weighted by Crippen LogP contribution is 2.11. The predicted octanol–water partition coefficient (Wildman–Crippen LogP) is -0.407. The van der Waals surface area contributed by atoms with Gasteiger partial charge in [-0.2, -0.15) is 0 Å². The highest BCUT2D eigenvalue weighted by atomic mass is 16.3. The zero-order chi connectivity index (χ0) is 11.5. The van der Waals surface area contributed by atoms with Crippen LogP contribution in [-0.4, -0.2) is 73.4 Å². The first-order valence-electron chi connectivity index (χ1n) is 5.72. The minimum atomic E-state index is -0.600. The zero-order valence-electron chi connectivity index (χ0n) is 10.5. The molecule has 0 amide bonds. The molecule has 1 aliphatic rings. The fourth-order valence-electron chi connectivity index (χ4n) is 1.96. The van der Waals surface area contributed by atoms with E-state index in [1.807, 2.05) is 6.92 Å². The van der Waals surface area contributed by atoms with Crippen LogP contribution < -0.4 is 5.32 Å². The van der Waals surface area contributed by atoms with Gasteiger partial charge in [0.2, 0.25) is 0 Å². The highest BCUT2D eigenvalue weighted by molar-refractivity contribution is 4.87. The molecular weight excluding hydrogens is 190 g/mol. The van der Waals surface area contributed by atoms with Gasteiger partial charge in [0, 0.05) is 38.8 Å². The van der Waals surface area contributed by atoms with Gasteiger partial charge in [-0.05, 0) is 27.9 Å². The molecule has 2 atom stereocenters. The minimum Gasteiger partial charge on any atom is -0.388 e. The van der Waals surface area contributed by atoms with Crippen molar-refractivity contribution in [2.24, 2.45) is 0 Å². The van der Waals surface area contributed by atoms with Crippen LogP contribution in [0.4, 0.5) is 0 Å². The number of β-amino-alcohol motifs (C(OH)–C–C–N with tert-alkyl or cyclic N) is 1. The largest absolute Gasteiger partial charge is 0.388 e. The summed E-state index contributed by atoms with van der Waals surface area (Å²) < 4.78 is 0. The molecule has 2 unspecified atom stereocenters. The molecule has 0 aromatic rings. The summed E-state index contributed by atoms with van der Waals surface area (Å²) in [5.74, 6) is 0. The molecule has 0 aromatic heterocycles. The SMILES string of the molecule is CC1CNCC(C)(O)CN1CCN(C)C. The summed E-state index contributed by atoms with van der Waals surface area (Å²) in [6, 6.07) is 0.499. The Bertz CT molecular complexity index is 194. The van der Waals surface area contributed by atoms with Gasteiger partial charge < -0.3 is 15.3 Å². The van der Waals surface area contributed by atoms with Crippen LogP contribution in [0.2, 0.25) is 0 Å². The Morgan fingerprint density at radius 1 is 1.53 bits per heavy atom. The van der Waals surface area contributed by atoms with Gasteiger partial charge in [0.15, 0.2) is 0 Å². The molecule has 2 N–H and O–H groups in total.